The molecule has 0 saturated carbocycles. The molecule has 2 aromatic rings. The highest BCUT2D eigenvalue weighted by atomic mass is 127. The van der Waals surface area contributed by atoms with Crippen molar-refractivity contribution < 1.29 is 4.74 Å². The first-order valence-electron chi connectivity index (χ1n) is 6.93. The van der Waals surface area contributed by atoms with E-state index in [0.717, 1.165) is 25.2 Å². The van der Waals surface area contributed by atoms with Crippen molar-refractivity contribution in [3.8, 4) is 5.75 Å². The molecule has 1 aliphatic heterocycles. The molecule has 0 spiro atoms. The van der Waals surface area contributed by atoms with Crippen LogP contribution in [0.15, 0.2) is 48.5 Å². The second-order valence-electron chi connectivity index (χ2n) is 5.38. The summed E-state index contributed by atoms with van der Waals surface area (Å²) in [6.07, 6.45) is 1.93. The standard InChI is InChI=1S/C17H18INO/c18-15-7-5-12(6-8-15)9-16(19)14-10-13-3-1-2-4-17(13)20-11-14/h1-8,14,16H,9-11,19H2. The molecule has 104 valence electrons. The van der Waals surface area contributed by atoms with Crippen LogP contribution in [0.3, 0.4) is 0 Å². The Labute approximate surface area is 133 Å². The Hall–Kier alpha value is -1.07. The van der Waals surface area contributed by atoms with E-state index in [1.54, 1.807) is 0 Å². The zero-order valence-electron chi connectivity index (χ0n) is 11.3. The number of nitrogens with two attached hydrogens (primary N) is 1. The lowest BCUT2D eigenvalue weighted by atomic mass is 9.87. The van der Waals surface area contributed by atoms with E-state index in [9.17, 15) is 0 Å². The monoisotopic (exact) mass is 379 g/mol. The summed E-state index contributed by atoms with van der Waals surface area (Å²) in [5.74, 6) is 1.41. The molecule has 0 radical (unpaired) electrons. The number of benzene rings is 2. The molecule has 20 heavy (non-hydrogen) atoms. The zero-order valence-corrected chi connectivity index (χ0v) is 13.4. The fraction of sp³-hybridized carbons (Fsp3) is 0.294. The van der Waals surface area contributed by atoms with E-state index in [1.807, 2.05) is 12.1 Å². The first-order chi connectivity index (χ1) is 9.72. The second kappa shape index (κ2) is 6.14. The second-order valence-corrected chi connectivity index (χ2v) is 6.62. The van der Waals surface area contributed by atoms with Gasteiger partial charge in [0.15, 0.2) is 0 Å². The predicted molar refractivity (Wildman–Crippen MR) is 90.0 cm³/mol. The third kappa shape index (κ3) is 3.15. The van der Waals surface area contributed by atoms with Crippen molar-refractivity contribution in [2.75, 3.05) is 6.61 Å². The third-order valence-corrected chi connectivity index (χ3v) is 4.62. The van der Waals surface area contributed by atoms with Crippen LogP contribution in [0.5, 0.6) is 5.75 Å². The largest absolute Gasteiger partial charge is 0.493 e. The van der Waals surface area contributed by atoms with Crippen molar-refractivity contribution in [3.05, 3.63) is 63.2 Å². The normalized spacial score (nSPS) is 19.0. The summed E-state index contributed by atoms with van der Waals surface area (Å²) in [4.78, 5) is 0. The van der Waals surface area contributed by atoms with E-state index in [0.29, 0.717) is 5.92 Å². The zero-order chi connectivity index (χ0) is 13.9. The summed E-state index contributed by atoms with van der Waals surface area (Å²) in [7, 11) is 0. The molecule has 2 N–H and O–H groups in total. The van der Waals surface area contributed by atoms with Gasteiger partial charge in [-0.1, -0.05) is 30.3 Å². The van der Waals surface area contributed by atoms with E-state index >= 15 is 0 Å². The third-order valence-electron chi connectivity index (χ3n) is 3.90. The lowest BCUT2D eigenvalue weighted by Gasteiger charge is -2.29. The van der Waals surface area contributed by atoms with Crippen LogP contribution in [0.1, 0.15) is 11.1 Å². The predicted octanol–water partition coefficient (Wildman–Crippen LogP) is 3.41. The number of ether oxygens (including phenoxy) is 1. The molecular weight excluding hydrogens is 361 g/mol. The number of para-hydroxylation sites is 1. The van der Waals surface area contributed by atoms with Gasteiger partial charge in [-0.25, -0.2) is 0 Å². The van der Waals surface area contributed by atoms with E-state index < -0.39 is 0 Å². The Kier molecular flexibility index (Phi) is 4.27. The SMILES string of the molecule is NC(Cc1ccc(I)cc1)C1COc2ccccc2C1. The van der Waals surface area contributed by atoms with Crippen LogP contribution < -0.4 is 10.5 Å². The maximum atomic E-state index is 6.39. The van der Waals surface area contributed by atoms with Crippen molar-refractivity contribution in [2.45, 2.75) is 18.9 Å². The highest BCUT2D eigenvalue weighted by Crippen LogP contribution is 2.28. The van der Waals surface area contributed by atoms with Crippen LogP contribution in [-0.2, 0) is 12.8 Å². The van der Waals surface area contributed by atoms with Gasteiger partial charge in [0.2, 0.25) is 0 Å². The van der Waals surface area contributed by atoms with Crippen LogP contribution >= 0.6 is 22.6 Å². The highest BCUT2D eigenvalue weighted by molar-refractivity contribution is 14.1. The number of fused-ring (bicyclic) bond motifs is 1. The van der Waals surface area contributed by atoms with E-state index in [1.165, 1.54) is 14.7 Å². The van der Waals surface area contributed by atoms with Crippen molar-refractivity contribution in [1.82, 2.24) is 0 Å². The van der Waals surface area contributed by atoms with Crippen molar-refractivity contribution in [2.24, 2.45) is 11.7 Å². The van der Waals surface area contributed by atoms with Gasteiger partial charge in [-0.15, -0.1) is 0 Å². The molecule has 3 rings (SSSR count). The first kappa shape index (κ1) is 13.9. The molecule has 0 bridgehead atoms. The first-order valence-corrected chi connectivity index (χ1v) is 8.01. The number of hydrogen-bond acceptors (Lipinski definition) is 2. The molecule has 1 aliphatic rings. The molecule has 0 amide bonds. The summed E-state index contributed by atoms with van der Waals surface area (Å²) in [5.41, 5.74) is 8.98. The van der Waals surface area contributed by atoms with Crippen molar-refractivity contribution >= 4 is 22.6 Å². The summed E-state index contributed by atoms with van der Waals surface area (Å²) >= 11 is 2.32. The average molecular weight is 379 g/mol. The number of hydrogen-bond donors (Lipinski definition) is 1. The van der Waals surface area contributed by atoms with Crippen LogP contribution in [0.2, 0.25) is 0 Å². The Morgan fingerprint density at radius 3 is 2.70 bits per heavy atom. The van der Waals surface area contributed by atoms with Crippen LogP contribution in [0, 0.1) is 9.49 Å². The molecule has 0 aliphatic carbocycles. The van der Waals surface area contributed by atoms with E-state index in [-0.39, 0.29) is 6.04 Å². The number of rotatable bonds is 3. The molecule has 1 heterocycles. The molecule has 2 unspecified atom stereocenters. The van der Waals surface area contributed by atoms with Crippen LogP contribution in [0.4, 0.5) is 0 Å². The average Bonchev–Trinajstić information content (AvgIpc) is 2.49. The van der Waals surface area contributed by atoms with Gasteiger partial charge in [0.05, 0.1) is 6.61 Å². The summed E-state index contributed by atoms with van der Waals surface area (Å²) in [6.45, 7) is 0.725. The minimum absolute atomic E-state index is 0.142. The molecule has 3 heteroatoms. The number of halogens is 1. The topological polar surface area (TPSA) is 35.2 Å². The molecule has 2 nitrogen and oxygen atoms in total. The Morgan fingerprint density at radius 1 is 1.15 bits per heavy atom. The Bertz CT molecular complexity index is 582. The summed E-state index contributed by atoms with van der Waals surface area (Å²) in [5, 5.41) is 0. The summed E-state index contributed by atoms with van der Waals surface area (Å²) in [6, 6.07) is 17.0. The van der Waals surface area contributed by atoms with Gasteiger partial charge in [-0.05, 0) is 64.8 Å². The molecule has 0 saturated heterocycles. The van der Waals surface area contributed by atoms with Gasteiger partial charge in [0, 0.05) is 15.5 Å². The van der Waals surface area contributed by atoms with Gasteiger partial charge >= 0.3 is 0 Å². The van der Waals surface area contributed by atoms with Crippen LogP contribution in [0.25, 0.3) is 0 Å². The van der Waals surface area contributed by atoms with Crippen molar-refractivity contribution in [1.29, 1.82) is 0 Å². The fourth-order valence-corrected chi connectivity index (χ4v) is 3.05. The molecule has 0 fully saturated rings. The quantitative estimate of drug-likeness (QED) is 0.830. The Balaban J connectivity index is 1.67. The molecule has 0 aromatic heterocycles. The maximum Gasteiger partial charge on any atom is 0.122 e. The lowest BCUT2D eigenvalue weighted by molar-refractivity contribution is 0.199. The summed E-state index contributed by atoms with van der Waals surface area (Å²) < 4.78 is 7.09. The van der Waals surface area contributed by atoms with Crippen LogP contribution in [-0.4, -0.2) is 12.6 Å². The smallest absolute Gasteiger partial charge is 0.122 e. The van der Waals surface area contributed by atoms with Gasteiger partial charge in [0.25, 0.3) is 0 Å². The lowest BCUT2D eigenvalue weighted by Crippen LogP contribution is -2.39. The maximum absolute atomic E-state index is 6.39. The molecular formula is C17H18INO. The van der Waals surface area contributed by atoms with Crippen molar-refractivity contribution in [3.63, 3.8) is 0 Å². The Morgan fingerprint density at radius 2 is 1.90 bits per heavy atom. The minimum atomic E-state index is 0.142. The highest BCUT2D eigenvalue weighted by Gasteiger charge is 2.25. The van der Waals surface area contributed by atoms with Gasteiger partial charge in [-0.3, -0.25) is 0 Å². The minimum Gasteiger partial charge on any atom is -0.493 e. The van der Waals surface area contributed by atoms with E-state index in [4.69, 9.17) is 10.5 Å². The van der Waals surface area contributed by atoms with Gasteiger partial charge < -0.3 is 10.5 Å². The molecule has 2 aromatic carbocycles. The fourth-order valence-electron chi connectivity index (χ4n) is 2.69. The molecule has 2 atom stereocenters. The van der Waals surface area contributed by atoms with Gasteiger partial charge in [-0.2, -0.15) is 0 Å². The van der Waals surface area contributed by atoms with Gasteiger partial charge in [0.1, 0.15) is 5.75 Å². The van der Waals surface area contributed by atoms with E-state index in [2.05, 4.69) is 59.0 Å².